The zero-order valence-electron chi connectivity index (χ0n) is 11.5. The fourth-order valence-corrected chi connectivity index (χ4v) is 2.81. The molecule has 102 valence electrons. The summed E-state index contributed by atoms with van der Waals surface area (Å²) in [6, 6.07) is 5.38. The fourth-order valence-electron chi connectivity index (χ4n) is 1.82. The first-order valence-corrected chi connectivity index (χ1v) is 7.06. The van der Waals surface area contributed by atoms with Crippen LogP contribution in [0.15, 0.2) is 65.0 Å². The molecule has 3 nitrogen and oxygen atoms in total. The van der Waals surface area contributed by atoms with Crippen molar-refractivity contribution < 1.29 is 5.11 Å². The van der Waals surface area contributed by atoms with Crippen LogP contribution in [0.3, 0.4) is 0 Å². The van der Waals surface area contributed by atoms with Gasteiger partial charge in [0.25, 0.3) is 0 Å². The van der Waals surface area contributed by atoms with Crippen LogP contribution >= 0.6 is 11.3 Å². The molecule has 0 aliphatic heterocycles. The van der Waals surface area contributed by atoms with Gasteiger partial charge in [-0.2, -0.15) is 5.11 Å². The molecule has 0 saturated heterocycles. The van der Waals surface area contributed by atoms with Crippen LogP contribution in [0.1, 0.15) is 11.8 Å². The van der Waals surface area contributed by atoms with Crippen LogP contribution in [0.25, 0.3) is 10.1 Å². The minimum absolute atomic E-state index is 0.276. The van der Waals surface area contributed by atoms with E-state index >= 15 is 0 Å². The van der Waals surface area contributed by atoms with Crippen molar-refractivity contribution in [2.45, 2.75) is 13.8 Å². The Balaban J connectivity index is 2.46. The number of azo groups is 1. The molecule has 2 rings (SSSR count). The maximum atomic E-state index is 9.85. The molecule has 0 saturated carbocycles. The average molecular weight is 284 g/mol. The first kappa shape index (κ1) is 14.2. The summed E-state index contributed by atoms with van der Waals surface area (Å²) in [5, 5.41) is 19.2. The monoisotopic (exact) mass is 284 g/mol. The molecule has 0 aliphatic rings. The first-order chi connectivity index (χ1) is 9.65. The number of nitrogens with zero attached hydrogens (tertiary/aromatic N) is 2. The molecule has 0 atom stereocenters. The predicted molar refractivity (Wildman–Crippen MR) is 85.8 cm³/mol. The van der Waals surface area contributed by atoms with Crippen molar-refractivity contribution in [1.29, 1.82) is 0 Å². The number of allylic oxidation sites excluding steroid dienone is 4. The van der Waals surface area contributed by atoms with Crippen molar-refractivity contribution in [3.63, 3.8) is 0 Å². The lowest BCUT2D eigenvalue weighted by Gasteiger charge is -1.98. The van der Waals surface area contributed by atoms with Gasteiger partial charge in [-0.15, -0.1) is 16.5 Å². The molecule has 1 aromatic heterocycles. The molecular weight excluding hydrogens is 268 g/mol. The molecule has 0 bridgehead atoms. The second-order valence-corrected chi connectivity index (χ2v) is 5.49. The van der Waals surface area contributed by atoms with Gasteiger partial charge in [0.15, 0.2) is 0 Å². The second-order valence-electron chi connectivity index (χ2n) is 4.23. The number of aromatic hydroxyl groups is 1. The van der Waals surface area contributed by atoms with Crippen molar-refractivity contribution in [3.8, 4) is 5.75 Å². The van der Waals surface area contributed by atoms with Gasteiger partial charge in [0, 0.05) is 10.3 Å². The number of hydrogen-bond donors (Lipinski definition) is 1. The number of aryl methyl sites for hydroxylation is 1. The molecule has 0 unspecified atom stereocenters. The van der Waals surface area contributed by atoms with Gasteiger partial charge in [-0.05, 0) is 44.2 Å². The van der Waals surface area contributed by atoms with Gasteiger partial charge in [-0.3, -0.25) is 0 Å². The van der Waals surface area contributed by atoms with Gasteiger partial charge in [-0.25, -0.2) is 0 Å². The molecule has 1 aromatic carbocycles. The van der Waals surface area contributed by atoms with E-state index in [1.807, 2.05) is 32.1 Å². The van der Waals surface area contributed by atoms with Crippen LogP contribution in [0.4, 0.5) is 5.69 Å². The fraction of sp³-hybridized carbons (Fsp3) is 0.125. The Morgan fingerprint density at radius 2 is 2.20 bits per heavy atom. The van der Waals surface area contributed by atoms with E-state index < -0.39 is 0 Å². The normalized spacial score (nSPS) is 12.8. The molecule has 0 radical (unpaired) electrons. The highest BCUT2D eigenvalue weighted by atomic mass is 32.1. The van der Waals surface area contributed by atoms with E-state index in [-0.39, 0.29) is 5.75 Å². The number of phenols is 1. The Morgan fingerprint density at radius 1 is 1.40 bits per heavy atom. The molecule has 0 amide bonds. The SMILES string of the molecule is C=C/C=C(\C=C/C)/N=N/c1ccc(O)c2cc(C)sc12. The first-order valence-electron chi connectivity index (χ1n) is 6.25. The van der Waals surface area contributed by atoms with E-state index in [9.17, 15) is 5.11 Å². The quantitative estimate of drug-likeness (QED) is 0.572. The van der Waals surface area contributed by atoms with E-state index in [0.717, 1.165) is 26.3 Å². The summed E-state index contributed by atoms with van der Waals surface area (Å²) in [4.78, 5) is 1.13. The molecule has 4 heteroatoms. The summed E-state index contributed by atoms with van der Waals surface area (Å²) >= 11 is 1.60. The third-order valence-electron chi connectivity index (χ3n) is 2.66. The molecule has 1 heterocycles. The minimum atomic E-state index is 0.276. The number of thiophene rings is 1. The van der Waals surface area contributed by atoms with Crippen LogP contribution in [0.5, 0.6) is 5.75 Å². The van der Waals surface area contributed by atoms with Crippen molar-refractivity contribution in [2.24, 2.45) is 10.2 Å². The van der Waals surface area contributed by atoms with Gasteiger partial charge in [0.2, 0.25) is 0 Å². The van der Waals surface area contributed by atoms with Crippen LogP contribution in [0, 0.1) is 6.92 Å². The third kappa shape index (κ3) is 3.03. The highest BCUT2D eigenvalue weighted by Gasteiger charge is 2.08. The molecule has 1 N–H and O–H groups in total. The number of fused-ring (bicyclic) bond motifs is 1. The zero-order valence-corrected chi connectivity index (χ0v) is 12.3. The maximum Gasteiger partial charge on any atom is 0.124 e. The standard InChI is InChI=1S/C16H16N2OS/c1-4-6-12(7-5-2)17-18-14-8-9-15(19)13-10-11(3)20-16(13)14/h4-10,19H,1H2,2-3H3/b7-5-,12-6+,18-17+. The van der Waals surface area contributed by atoms with Crippen LogP contribution in [0.2, 0.25) is 0 Å². The number of rotatable bonds is 4. The number of hydrogen-bond acceptors (Lipinski definition) is 4. The smallest absolute Gasteiger partial charge is 0.124 e. The third-order valence-corrected chi connectivity index (χ3v) is 3.74. The Kier molecular flexibility index (Phi) is 4.48. The zero-order chi connectivity index (χ0) is 14.5. The Morgan fingerprint density at radius 3 is 2.90 bits per heavy atom. The Hall–Kier alpha value is -2.20. The average Bonchev–Trinajstić information content (AvgIpc) is 2.81. The summed E-state index contributed by atoms with van der Waals surface area (Å²) < 4.78 is 0.949. The molecule has 0 fully saturated rings. The van der Waals surface area contributed by atoms with Crippen LogP contribution in [-0.2, 0) is 0 Å². The summed E-state index contributed by atoms with van der Waals surface area (Å²) in [7, 11) is 0. The second kappa shape index (κ2) is 6.30. The van der Waals surface area contributed by atoms with E-state index in [1.54, 1.807) is 35.6 Å². The lowest BCUT2D eigenvalue weighted by atomic mass is 10.2. The Labute approximate surface area is 122 Å². The maximum absolute atomic E-state index is 9.85. The van der Waals surface area contributed by atoms with Gasteiger partial charge >= 0.3 is 0 Å². The van der Waals surface area contributed by atoms with E-state index in [4.69, 9.17) is 0 Å². The summed E-state index contributed by atoms with van der Waals surface area (Å²) in [5.74, 6) is 0.276. The van der Waals surface area contributed by atoms with Gasteiger partial charge in [0.1, 0.15) is 11.4 Å². The number of benzene rings is 1. The lowest BCUT2D eigenvalue weighted by molar-refractivity contribution is 0.482. The van der Waals surface area contributed by atoms with Gasteiger partial charge in [0.05, 0.1) is 10.4 Å². The van der Waals surface area contributed by atoms with Crippen molar-refractivity contribution in [1.82, 2.24) is 0 Å². The summed E-state index contributed by atoms with van der Waals surface area (Å²) in [6.07, 6.45) is 7.23. The number of phenolic OH excluding ortho intramolecular Hbond substituents is 1. The van der Waals surface area contributed by atoms with E-state index in [1.165, 1.54) is 0 Å². The largest absolute Gasteiger partial charge is 0.507 e. The predicted octanol–water partition coefficient (Wildman–Crippen LogP) is 5.65. The van der Waals surface area contributed by atoms with Gasteiger partial charge in [-0.1, -0.05) is 18.7 Å². The van der Waals surface area contributed by atoms with Gasteiger partial charge < -0.3 is 5.11 Å². The molecular formula is C16H16N2OS. The molecule has 0 spiro atoms. The highest BCUT2D eigenvalue weighted by molar-refractivity contribution is 7.19. The summed E-state index contributed by atoms with van der Waals surface area (Å²) in [6.45, 7) is 7.59. The topological polar surface area (TPSA) is 45.0 Å². The van der Waals surface area contributed by atoms with Crippen molar-refractivity contribution >= 4 is 27.1 Å². The highest BCUT2D eigenvalue weighted by Crippen LogP contribution is 2.38. The summed E-state index contributed by atoms with van der Waals surface area (Å²) in [5.41, 5.74) is 1.49. The Bertz CT molecular complexity index is 723. The molecule has 0 aliphatic carbocycles. The van der Waals surface area contributed by atoms with Crippen LogP contribution in [-0.4, -0.2) is 5.11 Å². The van der Waals surface area contributed by atoms with Crippen molar-refractivity contribution in [3.05, 3.63) is 59.7 Å². The van der Waals surface area contributed by atoms with Crippen molar-refractivity contribution in [2.75, 3.05) is 0 Å². The molecule has 20 heavy (non-hydrogen) atoms. The van der Waals surface area contributed by atoms with E-state index in [2.05, 4.69) is 16.8 Å². The van der Waals surface area contributed by atoms with E-state index in [0.29, 0.717) is 0 Å². The lowest BCUT2D eigenvalue weighted by Crippen LogP contribution is -1.71. The van der Waals surface area contributed by atoms with Crippen LogP contribution < -0.4 is 0 Å². The minimum Gasteiger partial charge on any atom is -0.507 e. The molecule has 2 aromatic rings.